The molecular weight excluding hydrogens is 270 g/mol. The summed E-state index contributed by atoms with van der Waals surface area (Å²) in [5.74, 6) is 0. The van der Waals surface area contributed by atoms with Crippen LogP contribution in [0.25, 0.3) is 0 Å². The van der Waals surface area contributed by atoms with Gasteiger partial charge in [0.1, 0.15) is 0 Å². The van der Waals surface area contributed by atoms with Gasteiger partial charge in [-0.1, -0.05) is 13.3 Å². The molecule has 5 nitrogen and oxygen atoms in total. The van der Waals surface area contributed by atoms with Gasteiger partial charge in [-0.15, -0.1) is 0 Å². The van der Waals surface area contributed by atoms with Crippen molar-refractivity contribution in [3.8, 4) is 0 Å². The van der Waals surface area contributed by atoms with Gasteiger partial charge < -0.3 is 19.3 Å². The Kier molecular flexibility index (Phi) is 16.0. The molecule has 0 atom stereocenters. The highest BCUT2D eigenvalue weighted by Crippen LogP contribution is 1.99. The monoisotopic (exact) mass is 305 g/mol. The summed E-state index contributed by atoms with van der Waals surface area (Å²) in [6, 6.07) is 0.483. The third-order valence-corrected chi connectivity index (χ3v) is 3.24. The Bertz CT molecular complexity index is 203. The van der Waals surface area contributed by atoms with Crippen molar-refractivity contribution in [2.24, 2.45) is 0 Å². The molecule has 0 unspecified atom stereocenters. The van der Waals surface area contributed by atoms with Crippen LogP contribution in [-0.2, 0) is 14.2 Å². The molecule has 0 bridgehead atoms. The van der Waals surface area contributed by atoms with Crippen LogP contribution in [0.4, 0.5) is 0 Å². The Balaban J connectivity index is 3.29. The van der Waals surface area contributed by atoms with Crippen molar-refractivity contribution >= 4 is 0 Å². The van der Waals surface area contributed by atoms with Crippen LogP contribution in [0.1, 0.15) is 40.0 Å². The Morgan fingerprint density at radius 3 is 1.90 bits per heavy atom. The summed E-state index contributed by atoms with van der Waals surface area (Å²) in [7, 11) is 0. The van der Waals surface area contributed by atoms with Gasteiger partial charge in [-0.3, -0.25) is 4.90 Å². The fourth-order valence-corrected chi connectivity index (χ4v) is 1.87. The topological polar surface area (TPSA) is 51.2 Å². The van der Waals surface area contributed by atoms with E-state index in [1.165, 1.54) is 6.42 Å². The maximum atomic E-state index is 8.87. The van der Waals surface area contributed by atoms with E-state index in [1.54, 1.807) is 0 Å². The SMILES string of the molecule is CCCCOCCOCCOCCN(CCCO)C(C)C. The molecule has 0 aliphatic heterocycles. The van der Waals surface area contributed by atoms with Crippen LogP contribution in [-0.4, -0.2) is 75.4 Å². The molecule has 0 aromatic rings. The molecule has 0 radical (unpaired) electrons. The lowest BCUT2D eigenvalue weighted by Gasteiger charge is -2.25. The van der Waals surface area contributed by atoms with E-state index in [9.17, 15) is 0 Å². The first-order chi connectivity index (χ1) is 10.2. The van der Waals surface area contributed by atoms with Gasteiger partial charge in [0.15, 0.2) is 0 Å². The predicted octanol–water partition coefficient (Wildman–Crippen LogP) is 1.93. The lowest BCUT2D eigenvalue weighted by molar-refractivity contribution is 0.00843. The van der Waals surface area contributed by atoms with Crippen LogP contribution in [0.2, 0.25) is 0 Å². The highest BCUT2D eigenvalue weighted by Gasteiger charge is 2.08. The van der Waals surface area contributed by atoms with E-state index in [2.05, 4.69) is 25.7 Å². The summed E-state index contributed by atoms with van der Waals surface area (Å²) in [6.07, 6.45) is 3.10. The molecule has 0 aromatic carbocycles. The fraction of sp³-hybridized carbons (Fsp3) is 1.00. The normalized spacial score (nSPS) is 11.7. The summed E-state index contributed by atoms with van der Waals surface area (Å²) in [4.78, 5) is 2.32. The van der Waals surface area contributed by atoms with Gasteiger partial charge in [-0.25, -0.2) is 0 Å². The molecule has 0 amide bonds. The summed E-state index contributed by atoms with van der Waals surface area (Å²) in [5.41, 5.74) is 0. The first-order valence-corrected chi connectivity index (χ1v) is 8.30. The van der Waals surface area contributed by atoms with E-state index in [1.807, 2.05) is 0 Å². The van der Waals surface area contributed by atoms with Gasteiger partial charge in [-0.2, -0.15) is 0 Å². The third kappa shape index (κ3) is 14.5. The van der Waals surface area contributed by atoms with Crippen molar-refractivity contribution in [1.29, 1.82) is 0 Å². The lowest BCUT2D eigenvalue weighted by Crippen LogP contribution is -2.35. The molecule has 1 N–H and O–H groups in total. The first-order valence-electron chi connectivity index (χ1n) is 8.30. The number of unbranched alkanes of at least 4 members (excludes halogenated alkanes) is 1. The van der Waals surface area contributed by atoms with Crippen molar-refractivity contribution in [2.75, 3.05) is 59.3 Å². The third-order valence-electron chi connectivity index (χ3n) is 3.24. The highest BCUT2D eigenvalue weighted by molar-refractivity contribution is 4.62. The van der Waals surface area contributed by atoms with Gasteiger partial charge in [-0.05, 0) is 26.7 Å². The molecule has 0 spiro atoms. The van der Waals surface area contributed by atoms with Crippen molar-refractivity contribution in [2.45, 2.75) is 46.1 Å². The number of aliphatic hydroxyl groups is 1. The fourth-order valence-electron chi connectivity index (χ4n) is 1.87. The number of nitrogens with zero attached hydrogens (tertiary/aromatic N) is 1. The standard InChI is InChI=1S/C16H35NO4/c1-4-5-10-19-12-14-21-15-13-20-11-8-17(16(2)3)7-6-9-18/h16,18H,4-15H2,1-3H3. The first kappa shape index (κ1) is 20.8. The van der Waals surface area contributed by atoms with Crippen molar-refractivity contribution < 1.29 is 19.3 Å². The lowest BCUT2D eigenvalue weighted by atomic mass is 10.3. The minimum atomic E-state index is 0.248. The van der Waals surface area contributed by atoms with Crippen LogP contribution in [0.3, 0.4) is 0 Å². The van der Waals surface area contributed by atoms with E-state index < -0.39 is 0 Å². The predicted molar refractivity (Wildman–Crippen MR) is 85.8 cm³/mol. The number of hydrogen-bond donors (Lipinski definition) is 1. The van der Waals surface area contributed by atoms with E-state index in [-0.39, 0.29) is 6.61 Å². The average molecular weight is 305 g/mol. The van der Waals surface area contributed by atoms with Gasteiger partial charge in [0.05, 0.1) is 33.0 Å². The molecule has 0 saturated carbocycles. The second kappa shape index (κ2) is 16.2. The molecular formula is C16H35NO4. The van der Waals surface area contributed by atoms with Crippen LogP contribution < -0.4 is 0 Å². The smallest absolute Gasteiger partial charge is 0.0701 e. The molecule has 0 fully saturated rings. The van der Waals surface area contributed by atoms with E-state index >= 15 is 0 Å². The number of ether oxygens (including phenoxy) is 3. The molecule has 0 heterocycles. The Hall–Kier alpha value is -0.200. The summed E-state index contributed by atoms with van der Waals surface area (Å²) >= 11 is 0. The number of hydrogen-bond acceptors (Lipinski definition) is 5. The van der Waals surface area contributed by atoms with Crippen molar-refractivity contribution in [3.05, 3.63) is 0 Å². The van der Waals surface area contributed by atoms with Crippen LogP contribution in [0, 0.1) is 0 Å². The van der Waals surface area contributed by atoms with E-state index in [0.29, 0.717) is 39.1 Å². The molecule has 128 valence electrons. The molecule has 0 rings (SSSR count). The van der Waals surface area contributed by atoms with Gasteiger partial charge in [0.2, 0.25) is 0 Å². The maximum absolute atomic E-state index is 8.87. The Labute approximate surface area is 130 Å². The highest BCUT2D eigenvalue weighted by atomic mass is 16.5. The Morgan fingerprint density at radius 1 is 0.810 bits per heavy atom. The number of rotatable bonds is 16. The van der Waals surface area contributed by atoms with Crippen LogP contribution in [0.5, 0.6) is 0 Å². The molecule has 5 heteroatoms. The molecule has 0 aromatic heterocycles. The molecule has 0 saturated heterocycles. The zero-order valence-corrected chi connectivity index (χ0v) is 14.2. The minimum Gasteiger partial charge on any atom is -0.396 e. The van der Waals surface area contributed by atoms with E-state index in [4.69, 9.17) is 19.3 Å². The summed E-state index contributed by atoms with van der Waals surface area (Å²) < 4.78 is 16.4. The van der Waals surface area contributed by atoms with Crippen molar-refractivity contribution in [3.63, 3.8) is 0 Å². The quantitative estimate of drug-likeness (QED) is 0.442. The maximum Gasteiger partial charge on any atom is 0.0701 e. The zero-order chi connectivity index (χ0) is 15.8. The Morgan fingerprint density at radius 2 is 1.38 bits per heavy atom. The van der Waals surface area contributed by atoms with Gasteiger partial charge >= 0.3 is 0 Å². The molecule has 21 heavy (non-hydrogen) atoms. The van der Waals surface area contributed by atoms with Gasteiger partial charge in [0, 0.05) is 32.3 Å². The van der Waals surface area contributed by atoms with Crippen molar-refractivity contribution in [1.82, 2.24) is 4.90 Å². The summed E-state index contributed by atoms with van der Waals surface area (Å²) in [5, 5.41) is 8.87. The number of aliphatic hydroxyl groups excluding tert-OH is 1. The molecule has 0 aliphatic rings. The molecule has 0 aliphatic carbocycles. The van der Waals surface area contributed by atoms with Crippen LogP contribution >= 0.6 is 0 Å². The zero-order valence-electron chi connectivity index (χ0n) is 14.2. The second-order valence-electron chi connectivity index (χ2n) is 5.40. The largest absolute Gasteiger partial charge is 0.396 e. The average Bonchev–Trinajstić information content (AvgIpc) is 2.47. The minimum absolute atomic E-state index is 0.248. The van der Waals surface area contributed by atoms with Gasteiger partial charge in [0.25, 0.3) is 0 Å². The van der Waals surface area contributed by atoms with Crippen LogP contribution in [0.15, 0.2) is 0 Å². The summed E-state index contributed by atoms with van der Waals surface area (Å²) in [6.45, 7) is 12.6. The second-order valence-corrected chi connectivity index (χ2v) is 5.40. The van der Waals surface area contributed by atoms with E-state index in [0.717, 1.165) is 32.5 Å².